The fourth-order valence-corrected chi connectivity index (χ4v) is 8.01. The number of nitrogens with one attached hydrogen (secondary N) is 1. The highest BCUT2D eigenvalue weighted by molar-refractivity contribution is 5.78. The minimum Gasteiger partial charge on any atom is -0.458 e. The van der Waals surface area contributed by atoms with Crippen LogP contribution in [0.5, 0.6) is 0 Å². The molecule has 0 saturated heterocycles. The second-order valence-corrected chi connectivity index (χ2v) is 18.3. The molecule has 0 heterocycles. The first kappa shape index (κ1) is 59.8. The maximum Gasteiger partial charge on any atom is 0.306 e. The summed E-state index contributed by atoms with van der Waals surface area (Å²) in [7, 11) is 0. The van der Waals surface area contributed by atoms with Gasteiger partial charge < -0.3 is 20.3 Å². The molecule has 0 aliphatic heterocycles. The maximum atomic E-state index is 13.2. The predicted octanol–water partition coefficient (Wildman–Crippen LogP) is 16.2. The normalized spacial score (nSPS) is 13.6. The molecule has 362 valence electrons. The van der Waals surface area contributed by atoms with Gasteiger partial charge in [-0.3, -0.25) is 9.59 Å². The third-order valence-electron chi connectivity index (χ3n) is 12.1. The van der Waals surface area contributed by atoms with Crippen LogP contribution in [0.4, 0.5) is 0 Å². The Bertz CT molecular complexity index is 1070. The van der Waals surface area contributed by atoms with Crippen molar-refractivity contribution in [2.45, 2.75) is 289 Å². The van der Waals surface area contributed by atoms with E-state index in [0.29, 0.717) is 12.8 Å². The van der Waals surface area contributed by atoms with Crippen LogP contribution in [0.2, 0.25) is 0 Å². The smallest absolute Gasteiger partial charge is 0.306 e. The SMILES string of the molecule is CCCCC/C=C\C/C=C\CCCCCCCCCCCC(=O)OC(/C=C/C/C=C\CCCCCCCC)CC(=O)NC(CO)C(O)CCCCCCCCCCCCCCC. The Morgan fingerprint density at radius 2 is 0.855 bits per heavy atom. The predicted molar refractivity (Wildman–Crippen MR) is 269 cm³/mol. The van der Waals surface area contributed by atoms with Crippen LogP contribution in [-0.2, 0) is 14.3 Å². The van der Waals surface area contributed by atoms with Crippen molar-refractivity contribution in [3.8, 4) is 0 Å². The lowest BCUT2D eigenvalue weighted by Crippen LogP contribution is -2.46. The van der Waals surface area contributed by atoms with Crippen molar-refractivity contribution in [1.82, 2.24) is 5.32 Å². The van der Waals surface area contributed by atoms with E-state index in [1.54, 1.807) is 0 Å². The van der Waals surface area contributed by atoms with Crippen molar-refractivity contribution in [2.24, 2.45) is 0 Å². The van der Waals surface area contributed by atoms with E-state index in [1.807, 2.05) is 12.2 Å². The second kappa shape index (κ2) is 49.8. The quantitative estimate of drug-likeness (QED) is 0.0322. The summed E-state index contributed by atoms with van der Waals surface area (Å²) < 4.78 is 5.83. The average molecular weight is 870 g/mol. The number of hydrogen-bond donors (Lipinski definition) is 3. The zero-order valence-electron chi connectivity index (χ0n) is 41.3. The van der Waals surface area contributed by atoms with E-state index in [9.17, 15) is 19.8 Å². The highest BCUT2D eigenvalue weighted by atomic mass is 16.5. The molecule has 6 nitrogen and oxygen atoms in total. The van der Waals surface area contributed by atoms with Gasteiger partial charge in [0.15, 0.2) is 0 Å². The van der Waals surface area contributed by atoms with Crippen LogP contribution in [0, 0.1) is 0 Å². The minimum atomic E-state index is -0.810. The van der Waals surface area contributed by atoms with Gasteiger partial charge in [0.25, 0.3) is 0 Å². The van der Waals surface area contributed by atoms with Crippen LogP contribution in [0.1, 0.15) is 271 Å². The number of aliphatic hydroxyl groups is 2. The molecule has 0 bridgehead atoms. The Kier molecular flexibility index (Phi) is 48.1. The van der Waals surface area contributed by atoms with E-state index in [0.717, 1.165) is 57.8 Å². The Morgan fingerprint density at radius 1 is 0.484 bits per heavy atom. The molecule has 0 aromatic rings. The number of rotatable bonds is 48. The Hall–Kier alpha value is -2.18. The Morgan fingerprint density at radius 3 is 1.31 bits per heavy atom. The van der Waals surface area contributed by atoms with Crippen LogP contribution < -0.4 is 5.32 Å². The number of hydrogen-bond acceptors (Lipinski definition) is 5. The lowest BCUT2D eigenvalue weighted by atomic mass is 10.0. The van der Waals surface area contributed by atoms with Gasteiger partial charge in [-0.15, -0.1) is 0 Å². The van der Waals surface area contributed by atoms with Gasteiger partial charge in [0, 0.05) is 6.42 Å². The van der Waals surface area contributed by atoms with Crippen molar-refractivity contribution in [3.63, 3.8) is 0 Å². The number of unbranched alkanes of at least 4 members (excludes halogenated alkanes) is 30. The molecular weight excluding hydrogens is 767 g/mol. The van der Waals surface area contributed by atoms with E-state index in [2.05, 4.69) is 62.5 Å². The summed E-state index contributed by atoms with van der Waals surface area (Å²) in [6.07, 6.45) is 60.6. The van der Waals surface area contributed by atoms with Gasteiger partial charge >= 0.3 is 5.97 Å². The van der Waals surface area contributed by atoms with E-state index in [1.165, 1.54) is 173 Å². The van der Waals surface area contributed by atoms with Gasteiger partial charge in [0.2, 0.25) is 5.91 Å². The molecule has 0 aliphatic rings. The first-order valence-corrected chi connectivity index (χ1v) is 26.9. The number of carbonyl (C=O) groups is 2. The summed E-state index contributed by atoms with van der Waals surface area (Å²) in [5.41, 5.74) is 0. The molecule has 3 unspecified atom stereocenters. The first-order valence-electron chi connectivity index (χ1n) is 26.9. The molecule has 3 atom stereocenters. The zero-order valence-corrected chi connectivity index (χ0v) is 41.3. The van der Waals surface area contributed by atoms with Gasteiger partial charge in [-0.2, -0.15) is 0 Å². The monoisotopic (exact) mass is 870 g/mol. The summed E-state index contributed by atoms with van der Waals surface area (Å²) >= 11 is 0. The van der Waals surface area contributed by atoms with Crippen LogP contribution in [0.3, 0.4) is 0 Å². The van der Waals surface area contributed by atoms with Gasteiger partial charge in [-0.05, 0) is 70.3 Å². The van der Waals surface area contributed by atoms with Crippen molar-refractivity contribution in [1.29, 1.82) is 0 Å². The number of ether oxygens (including phenoxy) is 1. The van der Waals surface area contributed by atoms with Crippen molar-refractivity contribution in [3.05, 3.63) is 48.6 Å². The van der Waals surface area contributed by atoms with Crippen LogP contribution >= 0.6 is 0 Å². The summed E-state index contributed by atoms with van der Waals surface area (Å²) in [5.74, 6) is -0.601. The lowest BCUT2D eigenvalue weighted by molar-refractivity contribution is -0.148. The molecule has 0 radical (unpaired) electrons. The van der Waals surface area contributed by atoms with Crippen LogP contribution in [0.15, 0.2) is 48.6 Å². The molecule has 3 N–H and O–H groups in total. The summed E-state index contributed by atoms with van der Waals surface area (Å²) in [4.78, 5) is 26.1. The third kappa shape index (κ3) is 44.4. The van der Waals surface area contributed by atoms with E-state index in [-0.39, 0.29) is 24.9 Å². The average Bonchev–Trinajstić information content (AvgIpc) is 3.26. The molecular formula is C56H103NO5. The molecule has 0 aromatic heterocycles. The Balaban J connectivity index is 4.54. The highest BCUT2D eigenvalue weighted by Crippen LogP contribution is 2.16. The van der Waals surface area contributed by atoms with Crippen LogP contribution in [-0.4, -0.2) is 46.9 Å². The van der Waals surface area contributed by atoms with E-state index >= 15 is 0 Å². The highest BCUT2D eigenvalue weighted by Gasteiger charge is 2.23. The molecule has 0 rings (SSSR count). The molecule has 0 fully saturated rings. The number of aliphatic hydroxyl groups excluding tert-OH is 2. The lowest BCUT2D eigenvalue weighted by Gasteiger charge is -2.23. The Labute approximate surface area is 385 Å². The molecule has 1 amide bonds. The summed E-state index contributed by atoms with van der Waals surface area (Å²) in [6, 6.07) is -0.732. The minimum absolute atomic E-state index is 0.0293. The fraction of sp³-hybridized carbons (Fsp3) is 0.821. The first-order chi connectivity index (χ1) is 30.5. The standard InChI is InChI=1S/C56H103NO5/c1-4-7-10-13-16-19-22-24-25-26-27-28-29-31-34-37-40-43-46-49-56(61)62-52(47-44-41-38-35-32-21-18-15-12-9-6-3)50-55(60)57-53(51-58)54(59)48-45-42-39-36-33-30-23-20-17-14-11-8-5-2/h16,19,24-25,35,38,44,47,52-54,58-59H,4-15,17-18,20-23,26-34,36-37,39-43,45-46,48-51H2,1-3H3,(H,57,60)/b19-16-,25-24-,38-35-,47-44+. The van der Waals surface area contributed by atoms with E-state index in [4.69, 9.17) is 4.74 Å². The van der Waals surface area contributed by atoms with Crippen molar-refractivity contribution >= 4 is 11.9 Å². The maximum absolute atomic E-state index is 13.2. The van der Waals surface area contributed by atoms with Gasteiger partial charge in [0.05, 0.1) is 25.2 Å². The number of allylic oxidation sites excluding steroid dienone is 7. The zero-order chi connectivity index (χ0) is 45.2. The summed E-state index contributed by atoms with van der Waals surface area (Å²) in [6.45, 7) is 6.43. The van der Waals surface area contributed by atoms with E-state index < -0.39 is 18.2 Å². The molecule has 0 spiro atoms. The molecule has 6 heteroatoms. The van der Waals surface area contributed by atoms with Crippen molar-refractivity contribution in [2.75, 3.05) is 6.61 Å². The molecule has 0 aliphatic carbocycles. The number of carbonyl (C=O) groups excluding carboxylic acids is 2. The number of esters is 1. The van der Waals surface area contributed by atoms with Gasteiger partial charge in [-0.25, -0.2) is 0 Å². The summed E-state index contributed by atoms with van der Waals surface area (Å²) in [5, 5.41) is 23.7. The molecule has 0 aromatic carbocycles. The van der Waals surface area contributed by atoms with Crippen molar-refractivity contribution < 1.29 is 24.5 Å². The largest absolute Gasteiger partial charge is 0.458 e. The fourth-order valence-electron chi connectivity index (χ4n) is 8.01. The van der Waals surface area contributed by atoms with Gasteiger partial charge in [-0.1, -0.05) is 237 Å². The molecule has 0 saturated carbocycles. The number of amides is 1. The molecule has 62 heavy (non-hydrogen) atoms. The second-order valence-electron chi connectivity index (χ2n) is 18.3. The van der Waals surface area contributed by atoms with Crippen LogP contribution in [0.25, 0.3) is 0 Å². The third-order valence-corrected chi connectivity index (χ3v) is 12.1. The van der Waals surface area contributed by atoms with Gasteiger partial charge in [0.1, 0.15) is 6.10 Å². The topological polar surface area (TPSA) is 95.9 Å².